The highest BCUT2D eigenvalue weighted by Gasteiger charge is 2.07. The smallest absolute Gasteiger partial charge is 0.126 e. The standard InChI is InChI=1S/C19H16ClN3O/c1-2-24-19-8-7-16(20)10-15(19)9-14(11-21)12-23-13-22-17-5-3-4-6-18(17)23/h3-10,13H,2,12H2,1H3/b14-9-. The molecule has 0 unspecified atom stereocenters. The summed E-state index contributed by atoms with van der Waals surface area (Å²) in [5.41, 5.74) is 3.30. The van der Waals surface area contributed by atoms with Crippen LogP contribution in [0.2, 0.25) is 5.02 Å². The number of fused-ring (bicyclic) bond motifs is 1. The molecule has 5 heteroatoms. The number of nitrogens with zero attached hydrogens (tertiary/aromatic N) is 3. The van der Waals surface area contributed by atoms with Gasteiger partial charge in [0.2, 0.25) is 0 Å². The first kappa shape index (κ1) is 16.1. The van der Waals surface area contributed by atoms with Crippen LogP contribution in [-0.4, -0.2) is 16.2 Å². The molecule has 0 amide bonds. The Balaban J connectivity index is 1.96. The van der Waals surface area contributed by atoms with Crippen LogP contribution >= 0.6 is 11.6 Å². The van der Waals surface area contributed by atoms with Gasteiger partial charge in [-0.25, -0.2) is 4.98 Å². The number of halogens is 1. The predicted octanol–water partition coefficient (Wildman–Crippen LogP) is 4.70. The van der Waals surface area contributed by atoms with Gasteiger partial charge in [-0.3, -0.25) is 0 Å². The maximum atomic E-state index is 9.52. The van der Waals surface area contributed by atoms with Gasteiger partial charge >= 0.3 is 0 Å². The molecule has 2 aromatic carbocycles. The Labute approximate surface area is 145 Å². The monoisotopic (exact) mass is 337 g/mol. The van der Waals surface area contributed by atoms with Crippen LogP contribution in [0.4, 0.5) is 0 Å². The third-order valence-corrected chi connectivity index (χ3v) is 3.85. The maximum absolute atomic E-state index is 9.52. The molecule has 3 rings (SSSR count). The van der Waals surface area contributed by atoms with Crippen molar-refractivity contribution in [2.75, 3.05) is 6.61 Å². The first-order valence-corrected chi connectivity index (χ1v) is 8.02. The summed E-state index contributed by atoms with van der Waals surface area (Å²) in [6, 6.07) is 15.5. The number of benzene rings is 2. The van der Waals surface area contributed by atoms with Gasteiger partial charge in [-0.05, 0) is 43.3 Å². The molecular formula is C19H16ClN3O. The topological polar surface area (TPSA) is 50.8 Å². The van der Waals surface area contributed by atoms with Crippen LogP contribution in [0.25, 0.3) is 17.1 Å². The molecule has 0 atom stereocenters. The van der Waals surface area contributed by atoms with E-state index in [1.807, 2.05) is 47.9 Å². The van der Waals surface area contributed by atoms with Crippen molar-refractivity contribution in [2.45, 2.75) is 13.5 Å². The van der Waals surface area contributed by atoms with Gasteiger partial charge in [-0.2, -0.15) is 5.26 Å². The summed E-state index contributed by atoms with van der Waals surface area (Å²) in [6.45, 7) is 2.91. The fraction of sp³-hybridized carbons (Fsp3) is 0.158. The van der Waals surface area contributed by atoms with Gasteiger partial charge in [0.1, 0.15) is 5.75 Å². The Morgan fingerprint density at radius 3 is 2.96 bits per heavy atom. The van der Waals surface area contributed by atoms with Gasteiger partial charge in [0.25, 0.3) is 0 Å². The van der Waals surface area contributed by atoms with E-state index < -0.39 is 0 Å². The lowest BCUT2D eigenvalue weighted by Gasteiger charge is -2.09. The Morgan fingerprint density at radius 2 is 2.17 bits per heavy atom. The van der Waals surface area contributed by atoms with Crippen molar-refractivity contribution in [3.05, 3.63) is 65.0 Å². The highest BCUT2D eigenvalue weighted by Crippen LogP contribution is 2.26. The van der Waals surface area contributed by atoms with Crippen LogP contribution in [0.3, 0.4) is 0 Å². The van der Waals surface area contributed by atoms with Crippen LogP contribution in [0.5, 0.6) is 5.75 Å². The molecule has 0 aliphatic carbocycles. The normalized spacial score (nSPS) is 11.5. The Hall–Kier alpha value is -2.77. The minimum atomic E-state index is 0.440. The molecule has 0 fully saturated rings. The zero-order valence-electron chi connectivity index (χ0n) is 13.2. The zero-order valence-corrected chi connectivity index (χ0v) is 14.0. The van der Waals surface area contributed by atoms with Crippen molar-refractivity contribution in [2.24, 2.45) is 0 Å². The number of imidazole rings is 1. The number of para-hydroxylation sites is 2. The first-order chi connectivity index (χ1) is 11.7. The van der Waals surface area contributed by atoms with E-state index in [0.717, 1.165) is 16.6 Å². The second-order valence-corrected chi connectivity index (χ2v) is 5.69. The highest BCUT2D eigenvalue weighted by molar-refractivity contribution is 6.30. The maximum Gasteiger partial charge on any atom is 0.126 e. The molecule has 3 aromatic rings. The van der Waals surface area contributed by atoms with Crippen LogP contribution in [0, 0.1) is 11.3 Å². The van der Waals surface area contributed by atoms with E-state index in [0.29, 0.717) is 29.5 Å². The number of ether oxygens (including phenoxy) is 1. The van der Waals surface area contributed by atoms with E-state index in [9.17, 15) is 5.26 Å². The Kier molecular flexibility index (Phi) is 4.83. The zero-order chi connectivity index (χ0) is 16.9. The lowest BCUT2D eigenvalue weighted by molar-refractivity contribution is 0.339. The predicted molar refractivity (Wildman–Crippen MR) is 95.9 cm³/mol. The van der Waals surface area contributed by atoms with E-state index >= 15 is 0 Å². The second-order valence-electron chi connectivity index (χ2n) is 5.26. The number of aromatic nitrogens is 2. The largest absolute Gasteiger partial charge is 0.493 e. The van der Waals surface area contributed by atoms with E-state index in [4.69, 9.17) is 16.3 Å². The number of nitriles is 1. The average Bonchev–Trinajstić information content (AvgIpc) is 3.00. The number of allylic oxidation sites excluding steroid dienone is 1. The molecule has 0 bridgehead atoms. The quantitative estimate of drug-likeness (QED) is 0.634. The van der Waals surface area contributed by atoms with E-state index in [2.05, 4.69) is 11.1 Å². The summed E-state index contributed by atoms with van der Waals surface area (Å²) in [5, 5.41) is 10.1. The minimum absolute atomic E-state index is 0.440. The van der Waals surface area contributed by atoms with Crippen LogP contribution < -0.4 is 4.74 Å². The summed E-state index contributed by atoms with van der Waals surface area (Å²) < 4.78 is 7.56. The van der Waals surface area contributed by atoms with E-state index in [1.165, 1.54) is 0 Å². The van der Waals surface area contributed by atoms with Crippen LogP contribution in [0.15, 0.2) is 54.4 Å². The molecule has 24 heavy (non-hydrogen) atoms. The summed E-state index contributed by atoms with van der Waals surface area (Å²) in [4.78, 5) is 4.35. The van der Waals surface area contributed by atoms with Crippen molar-refractivity contribution in [1.82, 2.24) is 9.55 Å². The van der Waals surface area contributed by atoms with Crippen molar-refractivity contribution in [3.63, 3.8) is 0 Å². The lowest BCUT2D eigenvalue weighted by atomic mass is 10.1. The molecule has 0 saturated carbocycles. The van der Waals surface area contributed by atoms with Crippen LogP contribution in [0.1, 0.15) is 12.5 Å². The molecule has 0 N–H and O–H groups in total. The molecule has 4 nitrogen and oxygen atoms in total. The molecule has 0 saturated heterocycles. The molecule has 0 aliphatic heterocycles. The van der Waals surface area contributed by atoms with Crippen molar-refractivity contribution in [3.8, 4) is 11.8 Å². The molecule has 0 radical (unpaired) electrons. The minimum Gasteiger partial charge on any atom is -0.493 e. The van der Waals surface area contributed by atoms with Crippen molar-refractivity contribution < 1.29 is 4.74 Å². The molecule has 1 heterocycles. The number of rotatable bonds is 5. The number of hydrogen-bond donors (Lipinski definition) is 0. The summed E-state index contributed by atoms with van der Waals surface area (Å²) in [7, 11) is 0. The Bertz CT molecular complexity index is 937. The van der Waals surface area contributed by atoms with Gasteiger partial charge < -0.3 is 9.30 Å². The number of hydrogen-bond acceptors (Lipinski definition) is 3. The summed E-state index contributed by atoms with van der Waals surface area (Å²) >= 11 is 6.08. The third kappa shape index (κ3) is 3.42. The summed E-state index contributed by atoms with van der Waals surface area (Å²) in [5.74, 6) is 0.713. The molecule has 1 aromatic heterocycles. The van der Waals surface area contributed by atoms with Gasteiger partial charge in [-0.15, -0.1) is 0 Å². The van der Waals surface area contributed by atoms with Crippen LogP contribution in [-0.2, 0) is 6.54 Å². The molecule has 0 spiro atoms. The van der Waals surface area contributed by atoms with Gasteiger partial charge in [0, 0.05) is 10.6 Å². The summed E-state index contributed by atoms with van der Waals surface area (Å²) in [6.07, 6.45) is 3.56. The van der Waals surface area contributed by atoms with Crippen molar-refractivity contribution >= 4 is 28.7 Å². The molecule has 120 valence electrons. The average molecular weight is 338 g/mol. The Morgan fingerprint density at radius 1 is 1.33 bits per heavy atom. The molecular weight excluding hydrogens is 322 g/mol. The molecule has 0 aliphatic rings. The van der Waals surface area contributed by atoms with Crippen molar-refractivity contribution in [1.29, 1.82) is 5.26 Å². The lowest BCUT2D eigenvalue weighted by Crippen LogP contribution is -1.99. The first-order valence-electron chi connectivity index (χ1n) is 7.64. The fourth-order valence-corrected chi connectivity index (χ4v) is 2.72. The second kappa shape index (κ2) is 7.20. The highest BCUT2D eigenvalue weighted by atomic mass is 35.5. The van der Waals surface area contributed by atoms with Gasteiger partial charge in [-0.1, -0.05) is 23.7 Å². The van der Waals surface area contributed by atoms with E-state index in [1.54, 1.807) is 18.5 Å². The van der Waals surface area contributed by atoms with Gasteiger partial charge in [0.15, 0.2) is 0 Å². The third-order valence-electron chi connectivity index (χ3n) is 3.61. The SMILES string of the molecule is CCOc1ccc(Cl)cc1/C=C(/C#N)Cn1cnc2ccccc21. The fourth-order valence-electron chi connectivity index (χ4n) is 2.54. The van der Waals surface area contributed by atoms with Gasteiger partial charge in [0.05, 0.1) is 42.2 Å². The van der Waals surface area contributed by atoms with E-state index in [-0.39, 0.29) is 0 Å².